The average molecular weight is 487 g/mol. The maximum absolute atomic E-state index is 9.67. The minimum atomic E-state index is -0.00151. The van der Waals surface area contributed by atoms with Crippen molar-refractivity contribution in [3.8, 4) is 27.2 Å². The van der Waals surface area contributed by atoms with Crippen molar-refractivity contribution in [1.82, 2.24) is 15.1 Å². The van der Waals surface area contributed by atoms with Gasteiger partial charge in [-0.3, -0.25) is 0 Å². The molecule has 3 aromatic rings. The summed E-state index contributed by atoms with van der Waals surface area (Å²) in [6, 6.07) is 14.9. The average Bonchev–Trinajstić information content (AvgIpc) is 3.45. The quantitative estimate of drug-likeness (QED) is 0.376. The van der Waals surface area contributed by atoms with Crippen LogP contribution in [0.1, 0.15) is 48.9 Å². The summed E-state index contributed by atoms with van der Waals surface area (Å²) in [6.45, 7) is 10.1. The Hall–Kier alpha value is -2.85. The number of fused-ring (bicyclic) bond motifs is 1. The maximum Gasteiger partial charge on any atom is 0.148 e. The second-order valence-electron chi connectivity index (χ2n) is 10.1. The maximum atomic E-state index is 9.67. The molecule has 0 spiro atoms. The molecule has 0 aliphatic heterocycles. The predicted molar refractivity (Wildman–Crippen MR) is 143 cm³/mol. The van der Waals surface area contributed by atoms with Crippen LogP contribution in [0.2, 0.25) is 0 Å². The molecule has 0 amide bonds. The summed E-state index contributed by atoms with van der Waals surface area (Å²) < 4.78 is 0. The number of aliphatic hydroxyl groups excluding tert-OH is 1. The van der Waals surface area contributed by atoms with Crippen molar-refractivity contribution in [1.29, 1.82) is 5.26 Å². The first-order valence-electron chi connectivity index (χ1n) is 12.3. The van der Waals surface area contributed by atoms with Crippen LogP contribution in [0.25, 0.3) is 21.1 Å². The highest BCUT2D eigenvalue weighted by molar-refractivity contribution is 7.17. The van der Waals surface area contributed by atoms with Crippen LogP contribution >= 0.6 is 11.3 Å². The first kappa shape index (κ1) is 25.2. The van der Waals surface area contributed by atoms with Gasteiger partial charge >= 0.3 is 0 Å². The molecular formula is C29H34N4OS. The van der Waals surface area contributed by atoms with Gasteiger partial charge in [0.2, 0.25) is 0 Å². The number of aromatic nitrogens is 2. The van der Waals surface area contributed by atoms with Crippen LogP contribution in [0.4, 0.5) is 0 Å². The van der Waals surface area contributed by atoms with E-state index in [1.54, 1.807) is 11.3 Å². The Morgan fingerprint density at radius 3 is 2.77 bits per heavy atom. The molecule has 0 saturated carbocycles. The standard InChI is InChI=1S/C29H34N4OS/c1-5-12-29(19-33(4)14-15-34)13-11-24-25(7-6-8-26(24)29)28-32-31-27(35-28)22-10-9-21(16-20(2)3)23(17-22)18-30/h5-10,17,20,34H,1,11-16,19H2,2-4H3. The summed E-state index contributed by atoms with van der Waals surface area (Å²) in [5, 5.41) is 29.9. The molecule has 1 N–H and O–H groups in total. The van der Waals surface area contributed by atoms with Gasteiger partial charge in [0.05, 0.1) is 18.2 Å². The third-order valence-electron chi connectivity index (χ3n) is 6.95. The molecule has 0 saturated heterocycles. The summed E-state index contributed by atoms with van der Waals surface area (Å²) in [6.07, 6.45) is 5.85. The zero-order valence-corrected chi connectivity index (χ0v) is 21.7. The lowest BCUT2D eigenvalue weighted by Crippen LogP contribution is -2.38. The molecule has 35 heavy (non-hydrogen) atoms. The van der Waals surface area contributed by atoms with Gasteiger partial charge in [-0.2, -0.15) is 5.26 Å². The number of rotatable bonds is 10. The van der Waals surface area contributed by atoms with E-state index in [2.05, 4.69) is 79.0 Å². The lowest BCUT2D eigenvalue weighted by molar-refractivity contribution is 0.187. The number of allylic oxidation sites excluding steroid dienone is 1. The Kier molecular flexibility index (Phi) is 7.81. The fourth-order valence-corrected chi connectivity index (χ4v) is 6.31. The van der Waals surface area contributed by atoms with Crippen molar-refractivity contribution >= 4 is 11.3 Å². The van der Waals surface area contributed by atoms with Crippen molar-refractivity contribution in [2.24, 2.45) is 5.92 Å². The third-order valence-corrected chi connectivity index (χ3v) is 7.96. The zero-order valence-electron chi connectivity index (χ0n) is 20.9. The molecule has 4 rings (SSSR count). The number of likely N-dealkylation sites (N-methyl/N-ethyl adjacent to an activating group) is 1. The number of benzene rings is 2. The lowest BCUT2D eigenvalue weighted by atomic mass is 9.78. The van der Waals surface area contributed by atoms with E-state index in [0.717, 1.165) is 64.5 Å². The molecule has 1 aliphatic carbocycles. The van der Waals surface area contributed by atoms with E-state index in [-0.39, 0.29) is 12.0 Å². The molecule has 182 valence electrons. The van der Waals surface area contributed by atoms with E-state index in [1.807, 2.05) is 12.1 Å². The largest absolute Gasteiger partial charge is 0.395 e. The monoisotopic (exact) mass is 486 g/mol. The summed E-state index contributed by atoms with van der Waals surface area (Å²) in [5.74, 6) is 0.498. The van der Waals surface area contributed by atoms with Crippen molar-refractivity contribution in [3.63, 3.8) is 0 Å². The van der Waals surface area contributed by atoms with Gasteiger partial charge in [-0.25, -0.2) is 0 Å². The Morgan fingerprint density at radius 1 is 1.26 bits per heavy atom. The highest BCUT2D eigenvalue weighted by Gasteiger charge is 2.39. The highest BCUT2D eigenvalue weighted by Crippen LogP contribution is 2.46. The van der Waals surface area contributed by atoms with Crippen molar-refractivity contribution in [2.45, 2.75) is 44.9 Å². The van der Waals surface area contributed by atoms with E-state index in [1.165, 1.54) is 11.1 Å². The highest BCUT2D eigenvalue weighted by atomic mass is 32.1. The molecule has 5 nitrogen and oxygen atoms in total. The van der Waals surface area contributed by atoms with Crippen molar-refractivity contribution in [2.75, 3.05) is 26.7 Å². The first-order chi connectivity index (χ1) is 16.9. The number of nitriles is 1. The third kappa shape index (κ3) is 5.23. The predicted octanol–water partition coefficient (Wildman–Crippen LogP) is 5.63. The van der Waals surface area contributed by atoms with Crippen LogP contribution in [0, 0.1) is 17.2 Å². The summed E-state index contributed by atoms with van der Waals surface area (Å²) in [7, 11) is 2.07. The molecule has 1 atom stereocenters. The number of aliphatic hydroxyl groups is 1. The molecule has 0 radical (unpaired) electrons. The number of nitrogens with zero attached hydrogens (tertiary/aromatic N) is 4. The first-order valence-corrected chi connectivity index (χ1v) is 13.1. The van der Waals surface area contributed by atoms with Crippen molar-refractivity contribution in [3.05, 3.63) is 71.3 Å². The van der Waals surface area contributed by atoms with E-state index in [0.29, 0.717) is 12.5 Å². The van der Waals surface area contributed by atoms with Gasteiger partial charge in [0.1, 0.15) is 10.0 Å². The van der Waals surface area contributed by atoms with Crippen LogP contribution in [0.15, 0.2) is 49.1 Å². The topological polar surface area (TPSA) is 73.0 Å². The van der Waals surface area contributed by atoms with Gasteiger partial charge in [0.15, 0.2) is 0 Å². The Bertz CT molecular complexity index is 1240. The number of hydrogen-bond acceptors (Lipinski definition) is 6. The van der Waals surface area contributed by atoms with E-state index >= 15 is 0 Å². The molecule has 1 aliphatic rings. The number of hydrogen-bond donors (Lipinski definition) is 1. The zero-order chi connectivity index (χ0) is 25.0. The van der Waals surface area contributed by atoms with E-state index in [4.69, 9.17) is 0 Å². The Labute approximate surface area is 212 Å². The Morgan fingerprint density at radius 2 is 2.06 bits per heavy atom. The van der Waals surface area contributed by atoms with Crippen molar-refractivity contribution < 1.29 is 5.11 Å². The fourth-order valence-electron chi connectivity index (χ4n) is 5.42. The molecule has 2 aromatic carbocycles. The lowest BCUT2D eigenvalue weighted by Gasteiger charge is -2.34. The van der Waals surface area contributed by atoms with Crippen LogP contribution in [0.5, 0.6) is 0 Å². The van der Waals surface area contributed by atoms with Crippen LogP contribution in [-0.4, -0.2) is 46.9 Å². The Balaban J connectivity index is 1.68. The second kappa shape index (κ2) is 10.8. The molecule has 0 fully saturated rings. The smallest absolute Gasteiger partial charge is 0.148 e. The van der Waals surface area contributed by atoms with Crippen LogP contribution in [0.3, 0.4) is 0 Å². The molecule has 0 bridgehead atoms. The van der Waals surface area contributed by atoms with Crippen LogP contribution < -0.4 is 0 Å². The SMILES string of the molecule is C=CCC1(CN(C)CCO)CCc2c(-c3nnc(-c4ccc(CC(C)C)c(C#N)c4)s3)cccc21. The van der Waals surface area contributed by atoms with Crippen LogP contribution in [-0.2, 0) is 18.3 Å². The van der Waals surface area contributed by atoms with Gasteiger partial charge in [0, 0.05) is 29.6 Å². The molecule has 1 aromatic heterocycles. The van der Waals surface area contributed by atoms with E-state index in [9.17, 15) is 10.4 Å². The molecule has 1 heterocycles. The van der Waals surface area contributed by atoms with Gasteiger partial charge < -0.3 is 10.0 Å². The summed E-state index contributed by atoms with van der Waals surface area (Å²) in [4.78, 5) is 2.21. The van der Waals surface area contributed by atoms with Gasteiger partial charge in [0.25, 0.3) is 0 Å². The van der Waals surface area contributed by atoms with Gasteiger partial charge in [-0.15, -0.1) is 16.8 Å². The molecular weight excluding hydrogens is 452 g/mol. The molecule has 6 heteroatoms. The normalized spacial score (nSPS) is 17.1. The minimum Gasteiger partial charge on any atom is -0.395 e. The van der Waals surface area contributed by atoms with Gasteiger partial charge in [-0.05, 0) is 61.4 Å². The summed E-state index contributed by atoms with van der Waals surface area (Å²) >= 11 is 1.58. The fraction of sp³-hybridized carbons (Fsp3) is 0.414. The summed E-state index contributed by atoms with van der Waals surface area (Å²) in [5.41, 5.74) is 6.60. The van der Waals surface area contributed by atoms with E-state index < -0.39 is 0 Å². The second-order valence-corrected chi connectivity index (χ2v) is 11.0. The van der Waals surface area contributed by atoms with Gasteiger partial charge in [-0.1, -0.05) is 61.6 Å². The molecule has 1 unspecified atom stereocenters. The minimum absolute atomic E-state index is 0.00151.